The number of aliphatic imine (C=N–C) groups is 1. The lowest BCUT2D eigenvalue weighted by Gasteiger charge is -2.11. The maximum absolute atomic E-state index is 13.1. The Hall–Kier alpha value is -2.37. The van der Waals surface area contributed by atoms with Crippen LogP contribution >= 0.6 is 0 Å². The van der Waals surface area contributed by atoms with E-state index in [1.165, 1.54) is 12.1 Å². The molecule has 5 nitrogen and oxygen atoms in total. The van der Waals surface area contributed by atoms with Crippen molar-refractivity contribution in [3.63, 3.8) is 0 Å². The molecule has 0 bridgehead atoms. The van der Waals surface area contributed by atoms with Crippen LogP contribution in [0.5, 0.6) is 0 Å². The molecule has 0 atom stereocenters. The maximum Gasteiger partial charge on any atom is 0.191 e. The number of nitrogens with one attached hydrogen (secondary N) is 2. The zero-order valence-electron chi connectivity index (χ0n) is 11.6. The second kappa shape index (κ2) is 6.70. The third kappa shape index (κ3) is 4.08. The summed E-state index contributed by atoms with van der Waals surface area (Å²) in [5.41, 5.74) is 1.94. The van der Waals surface area contributed by atoms with Crippen LogP contribution < -0.4 is 10.6 Å². The van der Waals surface area contributed by atoms with Gasteiger partial charge in [0.1, 0.15) is 5.82 Å². The summed E-state index contributed by atoms with van der Waals surface area (Å²) >= 11 is 0. The summed E-state index contributed by atoms with van der Waals surface area (Å²) < 4.78 is 14.8. The Kier molecular flexibility index (Phi) is 4.70. The molecule has 1 heterocycles. The molecule has 0 aliphatic heterocycles. The molecule has 0 spiro atoms. The summed E-state index contributed by atoms with van der Waals surface area (Å²) in [4.78, 5) is 4.12. The van der Waals surface area contributed by atoms with E-state index < -0.39 is 0 Å². The highest BCUT2D eigenvalue weighted by atomic mass is 19.1. The van der Waals surface area contributed by atoms with Gasteiger partial charge >= 0.3 is 0 Å². The highest BCUT2D eigenvalue weighted by molar-refractivity contribution is 5.79. The Morgan fingerprint density at radius 2 is 2.05 bits per heavy atom. The van der Waals surface area contributed by atoms with Crippen LogP contribution in [0.15, 0.2) is 41.7 Å². The lowest BCUT2D eigenvalue weighted by atomic mass is 10.2. The molecule has 0 unspecified atom stereocenters. The van der Waals surface area contributed by atoms with Gasteiger partial charge in [-0.15, -0.1) is 0 Å². The standard InChI is InChI=1S/C14H18FN5/c1-16-14(18-8-12-9-19-20(2)10-12)17-7-11-4-3-5-13(15)6-11/h3-6,9-10H,7-8H2,1-2H3,(H2,16,17,18). The first-order chi connectivity index (χ1) is 9.67. The third-order valence-electron chi connectivity index (χ3n) is 2.79. The molecule has 0 aliphatic rings. The second-order valence-corrected chi connectivity index (χ2v) is 4.43. The fourth-order valence-corrected chi connectivity index (χ4v) is 1.80. The van der Waals surface area contributed by atoms with Crippen molar-refractivity contribution in [2.24, 2.45) is 12.0 Å². The number of rotatable bonds is 4. The molecule has 6 heteroatoms. The predicted octanol–water partition coefficient (Wildman–Crippen LogP) is 1.42. The smallest absolute Gasteiger partial charge is 0.191 e. The first kappa shape index (κ1) is 14.0. The molecular weight excluding hydrogens is 257 g/mol. The summed E-state index contributed by atoms with van der Waals surface area (Å²) in [7, 11) is 3.57. The van der Waals surface area contributed by atoms with Crippen molar-refractivity contribution in [1.29, 1.82) is 0 Å². The number of aromatic nitrogens is 2. The summed E-state index contributed by atoms with van der Waals surface area (Å²) in [5, 5.41) is 10.4. The van der Waals surface area contributed by atoms with Gasteiger partial charge in [-0.1, -0.05) is 12.1 Å². The minimum absolute atomic E-state index is 0.234. The van der Waals surface area contributed by atoms with Gasteiger partial charge in [-0.05, 0) is 17.7 Å². The molecule has 0 aliphatic carbocycles. The summed E-state index contributed by atoms with van der Waals surface area (Å²) in [5.74, 6) is 0.431. The molecule has 2 N–H and O–H groups in total. The normalized spacial score (nSPS) is 11.4. The first-order valence-corrected chi connectivity index (χ1v) is 6.34. The second-order valence-electron chi connectivity index (χ2n) is 4.43. The highest BCUT2D eigenvalue weighted by Gasteiger charge is 2.01. The lowest BCUT2D eigenvalue weighted by Crippen LogP contribution is -2.36. The Morgan fingerprint density at radius 1 is 1.30 bits per heavy atom. The average Bonchev–Trinajstić information content (AvgIpc) is 2.85. The van der Waals surface area contributed by atoms with Crippen LogP contribution in [0.2, 0.25) is 0 Å². The first-order valence-electron chi connectivity index (χ1n) is 6.34. The van der Waals surface area contributed by atoms with Gasteiger partial charge in [-0.25, -0.2) is 4.39 Å². The van der Waals surface area contributed by atoms with Crippen LogP contribution in [-0.4, -0.2) is 22.8 Å². The number of benzene rings is 1. The lowest BCUT2D eigenvalue weighted by molar-refractivity contribution is 0.624. The topological polar surface area (TPSA) is 54.2 Å². The molecule has 2 rings (SSSR count). The molecule has 0 radical (unpaired) electrons. The van der Waals surface area contributed by atoms with Crippen molar-refractivity contribution >= 4 is 5.96 Å². The van der Waals surface area contributed by atoms with Gasteiger partial charge in [-0.3, -0.25) is 9.67 Å². The maximum atomic E-state index is 13.1. The van der Waals surface area contributed by atoms with Crippen LogP contribution in [0.3, 0.4) is 0 Å². The van der Waals surface area contributed by atoms with Crippen LogP contribution in [0.4, 0.5) is 4.39 Å². The molecule has 1 aromatic heterocycles. The zero-order chi connectivity index (χ0) is 14.4. The van der Waals surface area contributed by atoms with E-state index in [1.807, 2.05) is 19.3 Å². The van der Waals surface area contributed by atoms with Crippen LogP contribution in [0.1, 0.15) is 11.1 Å². The number of nitrogens with zero attached hydrogens (tertiary/aromatic N) is 3. The van der Waals surface area contributed by atoms with Crippen LogP contribution in [0.25, 0.3) is 0 Å². The average molecular weight is 275 g/mol. The van der Waals surface area contributed by atoms with E-state index in [2.05, 4.69) is 20.7 Å². The molecule has 2 aromatic rings. The number of guanidine groups is 1. The van der Waals surface area contributed by atoms with Crippen molar-refractivity contribution in [2.45, 2.75) is 13.1 Å². The molecular formula is C14H18FN5. The predicted molar refractivity (Wildman–Crippen MR) is 76.6 cm³/mol. The van der Waals surface area contributed by atoms with Gasteiger partial charge < -0.3 is 10.6 Å². The monoisotopic (exact) mass is 275 g/mol. The summed E-state index contributed by atoms with van der Waals surface area (Å²) in [6.07, 6.45) is 3.74. The number of hydrogen-bond acceptors (Lipinski definition) is 2. The number of hydrogen-bond donors (Lipinski definition) is 2. The van der Waals surface area contributed by atoms with Gasteiger partial charge in [0, 0.05) is 38.9 Å². The van der Waals surface area contributed by atoms with Crippen molar-refractivity contribution < 1.29 is 4.39 Å². The highest BCUT2D eigenvalue weighted by Crippen LogP contribution is 2.02. The van der Waals surface area contributed by atoms with Gasteiger partial charge in [0.15, 0.2) is 5.96 Å². The fraction of sp³-hybridized carbons (Fsp3) is 0.286. The SMILES string of the molecule is CN=C(NCc1cccc(F)c1)NCc1cnn(C)c1. The fourth-order valence-electron chi connectivity index (χ4n) is 1.80. The Morgan fingerprint density at radius 3 is 2.65 bits per heavy atom. The van der Waals surface area contributed by atoms with E-state index in [4.69, 9.17) is 0 Å². The van der Waals surface area contributed by atoms with E-state index in [0.29, 0.717) is 19.0 Å². The minimum atomic E-state index is -0.234. The Bertz CT molecular complexity index is 591. The zero-order valence-corrected chi connectivity index (χ0v) is 11.6. The van der Waals surface area contributed by atoms with E-state index >= 15 is 0 Å². The Balaban J connectivity index is 1.84. The van der Waals surface area contributed by atoms with E-state index in [-0.39, 0.29) is 5.82 Å². The van der Waals surface area contributed by atoms with Crippen LogP contribution in [-0.2, 0) is 20.1 Å². The van der Waals surface area contributed by atoms with Gasteiger partial charge in [0.05, 0.1) is 6.20 Å². The number of aryl methyl sites for hydroxylation is 1. The molecule has 1 aromatic carbocycles. The van der Waals surface area contributed by atoms with E-state index in [9.17, 15) is 4.39 Å². The minimum Gasteiger partial charge on any atom is -0.352 e. The van der Waals surface area contributed by atoms with Crippen LogP contribution in [0, 0.1) is 5.82 Å². The summed E-state index contributed by atoms with van der Waals surface area (Å²) in [6.45, 7) is 1.15. The third-order valence-corrected chi connectivity index (χ3v) is 2.79. The largest absolute Gasteiger partial charge is 0.352 e. The molecule has 20 heavy (non-hydrogen) atoms. The van der Waals surface area contributed by atoms with Crippen molar-refractivity contribution in [3.05, 3.63) is 53.6 Å². The van der Waals surface area contributed by atoms with Crippen molar-refractivity contribution in [1.82, 2.24) is 20.4 Å². The Labute approximate surface area is 117 Å². The summed E-state index contributed by atoms with van der Waals surface area (Å²) in [6, 6.07) is 6.49. The number of halogens is 1. The van der Waals surface area contributed by atoms with Gasteiger partial charge in [0.2, 0.25) is 0 Å². The van der Waals surface area contributed by atoms with E-state index in [0.717, 1.165) is 11.1 Å². The van der Waals surface area contributed by atoms with E-state index in [1.54, 1.807) is 24.0 Å². The van der Waals surface area contributed by atoms with Crippen molar-refractivity contribution in [3.8, 4) is 0 Å². The molecule has 106 valence electrons. The van der Waals surface area contributed by atoms with Crippen molar-refractivity contribution in [2.75, 3.05) is 7.05 Å². The van der Waals surface area contributed by atoms with Gasteiger partial charge in [-0.2, -0.15) is 5.10 Å². The molecule has 0 amide bonds. The molecule has 0 saturated carbocycles. The molecule has 0 fully saturated rings. The van der Waals surface area contributed by atoms with Gasteiger partial charge in [0.25, 0.3) is 0 Å². The quantitative estimate of drug-likeness (QED) is 0.655. The molecule has 0 saturated heterocycles.